The molecule has 3 rings (SSSR count). The van der Waals surface area contributed by atoms with E-state index < -0.39 is 0 Å². The Hall–Kier alpha value is -4.42. The molecule has 1 aromatic carbocycles. The van der Waals surface area contributed by atoms with Crippen LogP contribution in [-0.2, 0) is 17.8 Å². The van der Waals surface area contributed by atoms with Crippen molar-refractivity contribution in [3.8, 4) is 5.75 Å². The summed E-state index contributed by atoms with van der Waals surface area (Å²) in [6, 6.07) is 3.46. The highest BCUT2D eigenvalue weighted by Gasteiger charge is 2.26. The molecule has 220 valence electrons. The van der Waals surface area contributed by atoms with Crippen molar-refractivity contribution in [1.29, 1.82) is 0 Å². The quantitative estimate of drug-likeness (QED) is 0.154. The van der Waals surface area contributed by atoms with E-state index in [4.69, 9.17) is 10.5 Å². The number of fused-ring (bicyclic) bond motifs is 1. The van der Waals surface area contributed by atoms with Crippen LogP contribution in [0.15, 0.2) is 69.6 Å². The Bertz CT molecular complexity index is 1310. The summed E-state index contributed by atoms with van der Waals surface area (Å²) in [6.45, 7) is 6.53. The average Bonchev–Trinajstić information content (AvgIpc) is 3.47. The number of benzene rings is 1. The van der Waals surface area contributed by atoms with Gasteiger partial charge in [0.25, 0.3) is 11.8 Å². The number of aliphatic imine (C=N–C) groups is 1. The zero-order valence-corrected chi connectivity index (χ0v) is 24.3. The maximum atomic E-state index is 13.3. The monoisotopic (exact) mass is 564 g/mol. The van der Waals surface area contributed by atoms with Gasteiger partial charge in [0.05, 0.1) is 30.9 Å². The van der Waals surface area contributed by atoms with Crippen molar-refractivity contribution in [3.63, 3.8) is 0 Å². The van der Waals surface area contributed by atoms with Crippen LogP contribution in [0.3, 0.4) is 0 Å². The number of methoxy groups -OCH3 is 1. The zero-order valence-electron chi connectivity index (χ0n) is 24.3. The number of allylic oxidation sites excluding steroid dienone is 4. The van der Waals surface area contributed by atoms with E-state index in [2.05, 4.69) is 26.5 Å². The molecule has 2 aliphatic rings. The normalized spacial score (nSPS) is 17.0. The van der Waals surface area contributed by atoms with Gasteiger partial charge in [0.1, 0.15) is 5.75 Å². The van der Waals surface area contributed by atoms with Crippen molar-refractivity contribution >= 4 is 23.9 Å². The highest BCUT2D eigenvalue weighted by atomic mass is 16.5. The molecule has 0 aliphatic carbocycles. The second-order valence-electron chi connectivity index (χ2n) is 9.60. The van der Waals surface area contributed by atoms with Crippen LogP contribution in [0.1, 0.15) is 48.7 Å². The number of hydrazone groups is 1. The van der Waals surface area contributed by atoms with Crippen molar-refractivity contribution in [2.45, 2.75) is 46.2 Å². The molecule has 0 fully saturated rings. The Morgan fingerprint density at radius 2 is 2.12 bits per heavy atom. The molecular weight excluding hydrogens is 524 g/mol. The van der Waals surface area contributed by atoms with Crippen LogP contribution in [0.2, 0.25) is 0 Å². The van der Waals surface area contributed by atoms with Gasteiger partial charge in [-0.05, 0) is 56.0 Å². The third kappa shape index (κ3) is 7.62. The lowest BCUT2D eigenvalue weighted by Gasteiger charge is -2.30. The first-order chi connectivity index (χ1) is 19.8. The van der Waals surface area contributed by atoms with Gasteiger partial charge in [0, 0.05) is 43.8 Å². The number of amides is 2. The van der Waals surface area contributed by atoms with Crippen LogP contribution in [0, 0.1) is 0 Å². The van der Waals surface area contributed by atoms with E-state index in [9.17, 15) is 14.7 Å². The Morgan fingerprint density at radius 1 is 1.34 bits per heavy atom. The summed E-state index contributed by atoms with van der Waals surface area (Å²) < 4.78 is 5.54. The number of aliphatic hydroxyl groups is 1. The number of nitrogens with one attached hydrogen (secondary N) is 3. The van der Waals surface area contributed by atoms with Crippen LogP contribution in [-0.4, -0.2) is 72.2 Å². The lowest BCUT2D eigenvalue weighted by atomic mass is 9.95. The Morgan fingerprint density at radius 3 is 2.78 bits per heavy atom. The minimum atomic E-state index is -0.322. The van der Waals surface area contributed by atoms with Crippen LogP contribution < -0.4 is 26.9 Å². The molecule has 6 N–H and O–H groups in total. The van der Waals surface area contributed by atoms with Crippen LogP contribution in [0.4, 0.5) is 0 Å². The Labute approximate surface area is 240 Å². The van der Waals surface area contributed by atoms with Gasteiger partial charge in [0.15, 0.2) is 5.84 Å². The lowest BCUT2D eigenvalue weighted by Crippen LogP contribution is -2.48. The SMILES string of the molecule is CC/C=C(/C=C\C=C(/C)NC(=O)c1cc2c(cc1OC)CCN(C(=O)/C(C=NC)=C/N)C2)C1=NNNN1C(C)CO. The van der Waals surface area contributed by atoms with Crippen molar-refractivity contribution in [2.75, 3.05) is 27.3 Å². The first kappa shape index (κ1) is 31.1. The standard InChI is InChI=1S/C29H40N8O4/c1-6-8-21(27-33-34-35-37(27)20(3)18-38)10-7-9-19(2)32-28(39)25-13-23-17-36(29(40)24(15-30)16-31-4)12-11-22(23)14-26(25)41-5/h7-10,13-16,20,34-35,38H,6,11-12,17-18,30H2,1-5H3,(H,32,39)/b10-7-,19-9+,21-8-,24-15+,31-16?. The molecule has 0 saturated heterocycles. The van der Waals surface area contributed by atoms with Gasteiger partial charge in [-0.3, -0.25) is 19.6 Å². The summed E-state index contributed by atoms with van der Waals surface area (Å²) in [5.41, 5.74) is 15.3. The molecule has 0 bridgehead atoms. The summed E-state index contributed by atoms with van der Waals surface area (Å²) in [6.07, 6.45) is 11.6. The first-order valence-electron chi connectivity index (χ1n) is 13.5. The van der Waals surface area contributed by atoms with E-state index in [0.717, 1.165) is 23.1 Å². The summed E-state index contributed by atoms with van der Waals surface area (Å²) in [5, 5.41) is 18.5. The number of carbonyl (C=O) groups is 2. The van der Waals surface area contributed by atoms with E-state index in [1.54, 1.807) is 36.0 Å². The van der Waals surface area contributed by atoms with Gasteiger partial charge in [-0.15, -0.1) is 10.6 Å². The molecule has 2 heterocycles. The summed E-state index contributed by atoms with van der Waals surface area (Å²) >= 11 is 0. The maximum absolute atomic E-state index is 13.3. The highest BCUT2D eigenvalue weighted by molar-refractivity contribution is 6.12. The van der Waals surface area contributed by atoms with Gasteiger partial charge in [0.2, 0.25) is 0 Å². The third-order valence-electron chi connectivity index (χ3n) is 6.64. The van der Waals surface area contributed by atoms with Crippen LogP contribution in [0.25, 0.3) is 0 Å². The molecule has 2 amide bonds. The van der Waals surface area contributed by atoms with E-state index in [1.165, 1.54) is 19.5 Å². The molecule has 41 heavy (non-hydrogen) atoms. The lowest BCUT2D eigenvalue weighted by molar-refractivity contribution is -0.127. The number of aliphatic hydroxyl groups excluding tert-OH is 1. The molecule has 1 aromatic rings. The largest absolute Gasteiger partial charge is 0.496 e. The molecule has 12 heteroatoms. The minimum absolute atomic E-state index is 0.0399. The van der Waals surface area contributed by atoms with Crippen LogP contribution >= 0.6 is 0 Å². The number of hydrogen-bond acceptors (Lipinski definition) is 10. The molecule has 0 aromatic heterocycles. The number of carbonyl (C=O) groups excluding carboxylic acids is 2. The molecule has 1 atom stereocenters. The molecule has 0 radical (unpaired) electrons. The van der Waals surface area contributed by atoms with Crippen molar-refractivity contribution < 1.29 is 19.4 Å². The van der Waals surface area contributed by atoms with E-state index >= 15 is 0 Å². The highest BCUT2D eigenvalue weighted by Crippen LogP contribution is 2.29. The topological polar surface area (TPSA) is 157 Å². The second-order valence-corrected chi connectivity index (χ2v) is 9.60. The third-order valence-corrected chi connectivity index (χ3v) is 6.64. The summed E-state index contributed by atoms with van der Waals surface area (Å²) in [4.78, 5) is 31.8. The van der Waals surface area contributed by atoms with Crippen molar-refractivity contribution in [1.82, 2.24) is 26.3 Å². The number of amidine groups is 1. The predicted octanol–water partition coefficient (Wildman–Crippen LogP) is 1.67. The zero-order chi connectivity index (χ0) is 29.9. The Kier molecular flexibility index (Phi) is 11.2. The molecule has 0 spiro atoms. The molecule has 12 nitrogen and oxygen atoms in total. The fourth-order valence-corrected chi connectivity index (χ4v) is 4.48. The van der Waals surface area contributed by atoms with Gasteiger partial charge in [-0.1, -0.05) is 25.2 Å². The van der Waals surface area contributed by atoms with Gasteiger partial charge >= 0.3 is 0 Å². The predicted molar refractivity (Wildman–Crippen MR) is 160 cm³/mol. The molecular formula is C29H40N8O4. The Balaban J connectivity index is 1.76. The summed E-state index contributed by atoms with van der Waals surface area (Å²) in [5.74, 6) is 0.589. The van der Waals surface area contributed by atoms with E-state index in [0.29, 0.717) is 47.9 Å². The van der Waals surface area contributed by atoms with Gasteiger partial charge in [-0.2, -0.15) is 0 Å². The summed E-state index contributed by atoms with van der Waals surface area (Å²) in [7, 11) is 3.11. The molecule has 1 unspecified atom stereocenters. The average molecular weight is 565 g/mol. The molecule has 2 aliphatic heterocycles. The maximum Gasteiger partial charge on any atom is 0.259 e. The van der Waals surface area contributed by atoms with Gasteiger partial charge in [-0.25, -0.2) is 5.53 Å². The number of hydrazine groups is 2. The minimum Gasteiger partial charge on any atom is -0.496 e. The molecule has 0 saturated carbocycles. The van der Waals surface area contributed by atoms with E-state index in [1.807, 2.05) is 38.1 Å². The fourth-order valence-electron chi connectivity index (χ4n) is 4.48. The first-order valence-corrected chi connectivity index (χ1v) is 13.5. The second kappa shape index (κ2) is 14.8. The number of nitrogens with two attached hydrogens (primary N) is 1. The van der Waals surface area contributed by atoms with Gasteiger partial charge < -0.3 is 25.8 Å². The number of rotatable bonds is 11. The van der Waals surface area contributed by atoms with E-state index in [-0.39, 0.29) is 24.5 Å². The number of nitrogens with zero attached hydrogens (tertiary/aromatic N) is 4. The number of hydrogen-bond donors (Lipinski definition) is 5. The van der Waals surface area contributed by atoms with Crippen molar-refractivity contribution in [2.24, 2.45) is 15.8 Å². The fraction of sp³-hybridized carbons (Fsp3) is 0.379. The smallest absolute Gasteiger partial charge is 0.259 e. The number of ether oxygens (including phenoxy) is 1. The van der Waals surface area contributed by atoms with Crippen molar-refractivity contribution in [3.05, 3.63) is 76.2 Å². The van der Waals surface area contributed by atoms with Crippen LogP contribution in [0.5, 0.6) is 5.75 Å².